The molecule has 1 aliphatic carbocycles. The number of nitrogens with one attached hydrogen (secondary N) is 1. The predicted octanol–water partition coefficient (Wildman–Crippen LogP) is 2.68. The van der Waals surface area contributed by atoms with E-state index in [4.69, 9.17) is 17.3 Å². The molecule has 3 N–H and O–H groups in total. The second kappa shape index (κ2) is 6.28. The highest BCUT2D eigenvalue weighted by Crippen LogP contribution is 2.31. The summed E-state index contributed by atoms with van der Waals surface area (Å²) in [6.45, 7) is 0.243. The van der Waals surface area contributed by atoms with E-state index in [1.807, 2.05) is 0 Å². The van der Waals surface area contributed by atoms with Gasteiger partial charge < -0.3 is 5.73 Å². The molecule has 1 aliphatic rings. The summed E-state index contributed by atoms with van der Waals surface area (Å²) in [5.41, 5.74) is 5.59. The average molecular weight is 390 g/mol. The molecule has 2 rings (SSSR count). The Balaban J connectivity index is 0.00000180. The minimum absolute atomic E-state index is 0. The van der Waals surface area contributed by atoms with Crippen LogP contribution in [-0.4, -0.2) is 20.5 Å². The second-order valence-electron chi connectivity index (χ2n) is 4.59. The van der Waals surface area contributed by atoms with E-state index >= 15 is 0 Å². The molecule has 0 saturated heterocycles. The molecular formula is C11H15BrCl2N2O2S. The zero-order chi connectivity index (χ0) is 13.4. The standard InChI is InChI=1S/C11H14BrClN2O2S.ClH/c12-8-3-1-4-9(13)10(8)18(16,17)15-7-11(14)5-2-6-11;/h1,3-4,15H,2,5-7,14H2;1H. The Morgan fingerprint density at radius 1 is 1.42 bits per heavy atom. The van der Waals surface area contributed by atoms with E-state index < -0.39 is 15.6 Å². The van der Waals surface area contributed by atoms with Gasteiger partial charge in [0.05, 0.1) is 5.02 Å². The Labute approximate surface area is 132 Å². The summed E-state index contributed by atoms with van der Waals surface area (Å²) >= 11 is 9.13. The van der Waals surface area contributed by atoms with Gasteiger partial charge in [-0.2, -0.15) is 0 Å². The average Bonchev–Trinajstić information content (AvgIpc) is 2.23. The molecular weight excluding hydrogens is 375 g/mol. The van der Waals surface area contributed by atoms with Crippen LogP contribution in [0.3, 0.4) is 0 Å². The third-order valence-electron chi connectivity index (χ3n) is 3.15. The van der Waals surface area contributed by atoms with Crippen LogP contribution in [0.4, 0.5) is 0 Å². The van der Waals surface area contributed by atoms with Crippen LogP contribution in [-0.2, 0) is 10.0 Å². The minimum atomic E-state index is -3.64. The van der Waals surface area contributed by atoms with Crippen molar-refractivity contribution < 1.29 is 8.42 Å². The van der Waals surface area contributed by atoms with Gasteiger partial charge in [0.15, 0.2) is 0 Å². The van der Waals surface area contributed by atoms with Gasteiger partial charge in [-0.15, -0.1) is 12.4 Å². The first kappa shape index (κ1) is 17.2. The van der Waals surface area contributed by atoms with Gasteiger partial charge in [-0.1, -0.05) is 17.7 Å². The second-order valence-corrected chi connectivity index (χ2v) is 7.56. The highest BCUT2D eigenvalue weighted by Gasteiger charge is 2.34. The van der Waals surface area contributed by atoms with Crippen molar-refractivity contribution in [1.29, 1.82) is 0 Å². The third-order valence-corrected chi connectivity index (χ3v) is 6.00. The van der Waals surface area contributed by atoms with Crippen molar-refractivity contribution in [2.45, 2.75) is 29.7 Å². The van der Waals surface area contributed by atoms with E-state index in [0.29, 0.717) is 4.47 Å². The summed E-state index contributed by atoms with van der Waals surface area (Å²) in [6, 6.07) is 4.87. The predicted molar refractivity (Wildman–Crippen MR) is 82.4 cm³/mol. The third kappa shape index (κ3) is 3.83. The van der Waals surface area contributed by atoms with Gasteiger partial charge >= 0.3 is 0 Å². The number of rotatable bonds is 4. The van der Waals surface area contributed by atoms with Gasteiger partial charge in [0, 0.05) is 16.6 Å². The monoisotopic (exact) mass is 388 g/mol. The molecule has 0 unspecified atom stereocenters. The van der Waals surface area contributed by atoms with Gasteiger partial charge in [0.1, 0.15) is 4.90 Å². The fourth-order valence-electron chi connectivity index (χ4n) is 1.86. The number of benzene rings is 1. The maximum Gasteiger partial charge on any atom is 0.243 e. The van der Waals surface area contributed by atoms with Crippen LogP contribution in [0.1, 0.15) is 19.3 Å². The van der Waals surface area contributed by atoms with Crippen LogP contribution in [0.2, 0.25) is 5.02 Å². The summed E-state index contributed by atoms with van der Waals surface area (Å²) in [5, 5.41) is 0.191. The molecule has 1 aromatic carbocycles. The molecule has 108 valence electrons. The molecule has 1 aromatic rings. The van der Waals surface area contributed by atoms with Crippen LogP contribution in [0.5, 0.6) is 0 Å². The van der Waals surface area contributed by atoms with E-state index in [9.17, 15) is 8.42 Å². The molecule has 0 amide bonds. The molecule has 0 aromatic heterocycles. The number of sulfonamides is 1. The van der Waals surface area contributed by atoms with E-state index in [2.05, 4.69) is 20.7 Å². The molecule has 0 spiro atoms. The van der Waals surface area contributed by atoms with Crippen molar-refractivity contribution in [1.82, 2.24) is 4.72 Å². The zero-order valence-corrected chi connectivity index (χ0v) is 14.0. The molecule has 1 fully saturated rings. The Kier molecular flexibility index (Phi) is 5.69. The number of hydrogen-bond donors (Lipinski definition) is 2. The first-order valence-electron chi connectivity index (χ1n) is 5.57. The smallest absolute Gasteiger partial charge is 0.243 e. The normalized spacial score (nSPS) is 17.4. The van der Waals surface area contributed by atoms with Gasteiger partial charge in [-0.3, -0.25) is 0 Å². The van der Waals surface area contributed by atoms with Crippen molar-refractivity contribution in [2.24, 2.45) is 5.73 Å². The summed E-state index contributed by atoms with van der Waals surface area (Å²) < 4.78 is 27.3. The molecule has 0 atom stereocenters. The summed E-state index contributed by atoms with van der Waals surface area (Å²) in [5.74, 6) is 0. The van der Waals surface area contributed by atoms with Crippen LogP contribution < -0.4 is 10.5 Å². The SMILES string of the molecule is Cl.NC1(CNS(=O)(=O)c2c(Cl)cccc2Br)CCC1. The van der Waals surface area contributed by atoms with Gasteiger partial charge in [-0.05, 0) is 47.3 Å². The van der Waals surface area contributed by atoms with Crippen LogP contribution >= 0.6 is 39.9 Å². The highest BCUT2D eigenvalue weighted by atomic mass is 79.9. The molecule has 0 aliphatic heterocycles. The topological polar surface area (TPSA) is 72.2 Å². The van der Waals surface area contributed by atoms with Gasteiger partial charge in [0.2, 0.25) is 10.0 Å². The largest absolute Gasteiger partial charge is 0.324 e. The summed E-state index contributed by atoms with van der Waals surface area (Å²) in [4.78, 5) is 0.0644. The Bertz CT molecular complexity index is 542. The van der Waals surface area contributed by atoms with Crippen molar-refractivity contribution >= 4 is 50.0 Å². The van der Waals surface area contributed by atoms with Crippen LogP contribution in [0.25, 0.3) is 0 Å². The molecule has 0 heterocycles. The van der Waals surface area contributed by atoms with E-state index in [1.54, 1.807) is 18.2 Å². The van der Waals surface area contributed by atoms with Crippen molar-refractivity contribution in [3.05, 3.63) is 27.7 Å². The maximum atomic E-state index is 12.2. The Morgan fingerprint density at radius 2 is 2.05 bits per heavy atom. The lowest BCUT2D eigenvalue weighted by atomic mass is 9.78. The lowest BCUT2D eigenvalue weighted by molar-refractivity contribution is 0.251. The molecule has 0 bridgehead atoms. The van der Waals surface area contributed by atoms with Crippen LogP contribution in [0, 0.1) is 0 Å². The molecule has 1 saturated carbocycles. The fourth-order valence-corrected chi connectivity index (χ4v) is 4.73. The Hall–Kier alpha value is 0.150. The number of halogens is 3. The Morgan fingerprint density at radius 3 is 2.53 bits per heavy atom. The zero-order valence-electron chi connectivity index (χ0n) is 10.0. The highest BCUT2D eigenvalue weighted by molar-refractivity contribution is 9.10. The van der Waals surface area contributed by atoms with Crippen LogP contribution in [0.15, 0.2) is 27.6 Å². The van der Waals surface area contributed by atoms with Crippen molar-refractivity contribution in [3.63, 3.8) is 0 Å². The van der Waals surface area contributed by atoms with E-state index in [1.165, 1.54) is 0 Å². The minimum Gasteiger partial charge on any atom is -0.324 e. The van der Waals surface area contributed by atoms with Gasteiger partial charge in [-0.25, -0.2) is 13.1 Å². The molecule has 8 heteroatoms. The van der Waals surface area contributed by atoms with E-state index in [-0.39, 0.29) is 28.9 Å². The number of hydrogen-bond acceptors (Lipinski definition) is 3. The summed E-state index contributed by atoms with van der Waals surface area (Å²) in [6.07, 6.45) is 2.74. The lowest BCUT2D eigenvalue weighted by Gasteiger charge is -2.38. The quantitative estimate of drug-likeness (QED) is 0.831. The van der Waals surface area contributed by atoms with Gasteiger partial charge in [0.25, 0.3) is 0 Å². The van der Waals surface area contributed by atoms with Crippen molar-refractivity contribution in [2.75, 3.05) is 6.54 Å². The molecule has 4 nitrogen and oxygen atoms in total. The lowest BCUT2D eigenvalue weighted by Crippen LogP contribution is -2.54. The number of nitrogens with two attached hydrogens (primary N) is 1. The molecule has 0 radical (unpaired) electrons. The van der Waals surface area contributed by atoms with E-state index in [0.717, 1.165) is 19.3 Å². The fraction of sp³-hybridized carbons (Fsp3) is 0.455. The summed E-state index contributed by atoms with van der Waals surface area (Å²) in [7, 11) is -3.64. The first-order valence-corrected chi connectivity index (χ1v) is 8.22. The van der Waals surface area contributed by atoms with Crippen molar-refractivity contribution in [3.8, 4) is 0 Å². The molecule has 19 heavy (non-hydrogen) atoms. The first-order chi connectivity index (χ1) is 8.34. The maximum absolute atomic E-state index is 12.2.